The molecule has 0 aliphatic heterocycles. The van der Waals surface area contributed by atoms with E-state index < -0.39 is 0 Å². The number of rotatable bonds is 2. The first-order valence-corrected chi connectivity index (χ1v) is 4.69. The lowest BCUT2D eigenvalue weighted by Gasteiger charge is -2.02. The van der Waals surface area contributed by atoms with Crippen LogP contribution < -0.4 is 11.5 Å². The van der Waals surface area contributed by atoms with Crippen LogP contribution in [0.2, 0.25) is 0 Å². The third kappa shape index (κ3) is 3.06. The summed E-state index contributed by atoms with van der Waals surface area (Å²) < 4.78 is 1.03. The van der Waals surface area contributed by atoms with Crippen LogP contribution >= 0.6 is 15.9 Å². The molecular weight excluding hydrogens is 230 g/mol. The van der Waals surface area contributed by atoms with E-state index in [-0.39, 0.29) is 5.96 Å². The lowest BCUT2D eigenvalue weighted by Crippen LogP contribution is -2.22. The summed E-state index contributed by atoms with van der Waals surface area (Å²) in [6.07, 6.45) is 0. The number of hydrogen-bond donors (Lipinski definition) is 2. The minimum atomic E-state index is 0.119. The highest BCUT2D eigenvalue weighted by atomic mass is 79.9. The van der Waals surface area contributed by atoms with Crippen molar-refractivity contribution in [2.24, 2.45) is 16.5 Å². The van der Waals surface area contributed by atoms with Gasteiger partial charge in [-0.15, -0.1) is 0 Å². The van der Waals surface area contributed by atoms with Crippen molar-refractivity contribution >= 4 is 21.9 Å². The monoisotopic (exact) mass is 241 g/mol. The molecule has 1 rings (SSSR count). The third-order valence-electron chi connectivity index (χ3n) is 1.63. The summed E-state index contributed by atoms with van der Waals surface area (Å²) in [5.74, 6) is 0.119. The standard InChI is InChI=1S/C9H12BrN3/c1-6-2-3-8(10)7(4-6)5-13-9(11)12/h2-4H,5H2,1H3,(H4,11,12,13). The molecule has 13 heavy (non-hydrogen) atoms. The van der Waals surface area contributed by atoms with Crippen molar-refractivity contribution in [1.29, 1.82) is 0 Å². The molecular formula is C9H12BrN3. The van der Waals surface area contributed by atoms with Gasteiger partial charge in [0.25, 0.3) is 0 Å². The van der Waals surface area contributed by atoms with Crippen LogP contribution in [0.5, 0.6) is 0 Å². The number of benzene rings is 1. The van der Waals surface area contributed by atoms with Gasteiger partial charge < -0.3 is 11.5 Å². The largest absolute Gasteiger partial charge is 0.370 e. The maximum absolute atomic E-state index is 5.24. The molecule has 0 aromatic heterocycles. The number of aliphatic imine (C=N–C) groups is 1. The maximum atomic E-state index is 5.24. The normalized spacial score (nSPS) is 9.69. The van der Waals surface area contributed by atoms with Crippen LogP contribution in [-0.4, -0.2) is 5.96 Å². The molecule has 0 amide bonds. The molecule has 0 aliphatic rings. The molecule has 0 unspecified atom stereocenters. The summed E-state index contributed by atoms with van der Waals surface area (Å²) in [7, 11) is 0. The summed E-state index contributed by atoms with van der Waals surface area (Å²) in [5.41, 5.74) is 12.8. The lowest BCUT2D eigenvalue weighted by atomic mass is 10.1. The molecule has 0 spiro atoms. The predicted molar refractivity (Wildman–Crippen MR) is 58.4 cm³/mol. The van der Waals surface area contributed by atoms with Gasteiger partial charge in [-0.25, -0.2) is 4.99 Å². The second kappa shape index (κ2) is 4.28. The van der Waals surface area contributed by atoms with Gasteiger partial charge >= 0.3 is 0 Å². The van der Waals surface area contributed by atoms with Gasteiger partial charge in [0, 0.05) is 4.47 Å². The van der Waals surface area contributed by atoms with E-state index in [2.05, 4.69) is 27.0 Å². The first-order valence-electron chi connectivity index (χ1n) is 3.90. The highest BCUT2D eigenvalue weighted by Crippen LogP contribution is 2.18. The second-order valence-corrected chi connectivity index (χ2v) is 3.69. The zero-order chi connectivity index (χ0) is 9.84. The predicted octanol–water partition coefficient (Wildman–Crippen LogP) is 1.53. The van der Waals surface area contributed by atoms with E-state index in [0.717, 1.165) is 10.0 Å². The minimum Gasteiger partial charge on any atom is -0.370 e. The average Bonchev–Trinajstić information content (AvgIpc) is 2.06. The Bertz CT molecular complexity index is 330. The molecule has 0 atom stereocenters. The van der Waals surface area contributed by atoms with E-state index in [1.807, 2.05) is 19.1 Å². The Morgan fingerprint density at radius 2 is 2.15 bits per heavy atom. The van der Waals surface area contributed by atoms with Crippen LogP contribution in [0, 0.1) is 6.92 Å². The van der Waals surface area contributed by atoms with Crippen LogP contribution in [0.15, 0.2) is 27.7 Å². The third-order valence-corrected chi connectivity index (χ3v) is 2.41. The van der Waals surface area contributed by atoms with Crippen molar-refractivity contribution in [3.63, 3.8) is 0 Å². The van der Waals surface area contributed by atoms with Gasteiger partial charge in [0.2, 0.25) is 0 Å². The molecule has 0 heterocycles. The Morgan fingerprint density at radius 3 is 2.77 bits per heavy atom. The molecule has 4 N–H and O–H groups in total. The topological polar surface area (TPSA) is 64.4 Å². The van der Waals surface area contributed by atoms with Crippen LogP contribution in [0.1, 0.15) is 11.1 Å². The van der Waals surface area contributed by atoms with Crippen molar-refractivity contribution in [3.05, 3.63) is 33.8 Å². The fourth-order valence-corrected chi connectivity index (χ4v) is 1.37. The smallest absolute Gasteiger partial charge is 0.186 e. The van der Waals surface area contributed by atoms with Gasteiger partial charge in [0.15, 0.2) is 5.96 Å². The van der Waals surface area contributed by atoms with Crippen molar-refractivity contribution in [2.75, 3.05) is 0 Å². The van der Waals surface area contributed by atoms with Crippen LogP contribution in [0.25, 0.3) is 0 Å². The van der Waals surface area contributed by atoms with Gasteiger partial charge in [0.05, 0.1) is 6.54 Å². The molecule has 1 aromatic carbocycles. The zero-order valence-corrected chi connectivity index (χ0v) is 9.01. The van der Waals surface area contributed by atoms with E-state index >= 15 is 0 Å². The number of aryl methyl sites for hydroxylation is 1. The molecule has 1 aromatic rings. The van der Waals surface area contributed by atoms with Gasteiger partial charge in [-0.2, -0.15) is 0 Å². The first-order chi connectivity index (χ1) is 6.09. The van der Waals surface area contributed by atoms with Gasteiger partial charge in [0.1, 0.15) is 0 Å². The van der Waals surface area contributed by atoms with Gasteiger partial charge in [-0.3, -0.25) is 0 Å². The summed E-state index contributed by atoms with van der Waals surface area (Å²) in [4.78, 5) is 3.94. The molecule has 0 saturated heterocycles. The lowest BCUT2D eigenvalue weighted by molar-refractivity contribution is 1.04. The first kappa shape index (κ1) is 10.1. The van der Waals surface area contributed by atoms with Crippen LogP contribution in [0.4, 0.5) is 0 Å². The van der Waals surface area contributed by atoms with Crippen molar-refractivity contribution in [3.8, 4) is 0 Å². The Morgan fingerprint density at radius 1 is 1.46 bits per heavy atom. The fourth-order valence-electron chi connectivity index (χ4n) is 1.00. The summed E-state index contributed by atoms with van der Waals surface area (Å²) in [5, 5.41) is 0. The highest BCUT2D eigenvalue weighted by molar-refractivity contribution is 9.10. The van der Waals surface area contributed by atoms with Crippen molar-refractivity contribution in [2.45, 2.75) is 13.5 Å². The van der Waals surface area contributed by atoms with Crippen molar-refractivity contribution < 1.29 is 0 Å². The average molecular weight is 242 g/mol. The van der Waals surface area contributed by atoms with E-state index in [4.69, 9.17) is 11.5 Å². The van der Waals surface area contributed by atoms with Crippen LogP contribution in [0.3, 0.4) is 0 Å². The molecule has 0 bridgehead atoms. The highest BCUT2D eigenvalue weighted by Gasteiger charge is 1.98. The van der Waals surface area contributed by atoms with Crippen LogP contribution in [-0.2, 0) is 6.54 Å². The molecule has 3 nitrogen and oxygen atoms in total. The summed E-state index contributed by atoms with van der Waals surface area (Å²) in [6, 6.07) is 6.08. The Labute approximate surface area is 86.0 Å². The van der Waals surface area contributed by atoms with E-state index in [1.54, 1.807) is 0 Å². The van der Waals surface area contributed by atoms with E-state index in [0.29, 0.717) is 6.54 Å². The Hall–Kier alpha value is -1.03. The van der Waals surface area contributed by atoms with Gasteiger partial charge in [-0.1, -0.05) is 33.6 Å². The quantitative estimate of drug-likeness (QED) is 0.610. The number of halogens is 1. The SMILES string of the molecule is Cc1ccc(Br)c(CN=C(N)N)c1. The molecule has 0 saturated carbocycles. The number of guanidine groups is 1. The molecule has 0 radical (unpaired) electrons. The summed E-state index contributed by atoms with van der Waals surface area (Å²) in [6.45, 7) is 2.55. The maximum Gasteiger partial charge on any atom is 0.186 e. The van der Waals surface area contributed by atoms with Crippen molar-refractivity contribution in [1.82, 2.24) is 0 Å². The number of hydrogen-bond acceptors (Lipinski definition) is 1. The number of nitrogens with two attached hydrogens (primary N) is 2. The molecule has 0 fully saturated rings. The molecule has 0 aliphatic carbocycles. The summed E-state index contributed by atoms with van der Waals surface area (Å²) >= 11 is 3.43. The zero-order valence-electron chi connectivity index (χ0n) is 7.42. The molecule has 70 valence electrons. The van der Waals surface area contributed by atoms with Gasteiger partial charge in [-0.05, 0) is 18.6 Å². The Balaban J connectivity index is 2.87. The van der Waals surface area contributed by atoms with E-state index in [1.165, 1.54) is 5.56 Å². The Kier molecular flexibility index (Phi) is 3.31. The second-order valence-electron chi connectivity index (χ2n) is 2.84. The molecule has 4 heteroatoms. The number of nitrogens with zero attached hydrogens (tertiary/aromatic N) is 1. The van der Waals surface area contributed by atoms with E-state index in [9.17, 15) is 0 Å². The minimum absolute atomic E-state index is 0.119. The fraction of sp³-hybridized carbons (Fsp3) is 0.222.